The summed E-state index contributed by atoms with van der Waals surface area (Å²) in [4.78, 5) is 10.8. The number of hydrogen-bond acceptors (Lipinski definition) is 3. The lowest BCUT2D eigenvalue weighted by Gasteiger charge is -2.14. The van der Waals surface area contributed by atoms with Crippen LogP contribution in [0.2, 0.25) is 5.02 Å². The monoisotopic (exact) mass is 341 g/mol. The molecule has 0 saturated heterocycles. The van der Waals surface area contributed by atoms with Crippen molar-refractivity contribution in [3.63, 3.8) is 0 Å². The van der Waals surface area contributed by atoms with E-state index in [1.54, 1.807) is 0 Å². The molecule has 0 spiro atoms. The van der Waals surface area contributed by atoms with E-state index < -0.39 is 0 Å². The van der Waals surface area contributed by atoms with Gasteiger partial charge in [0.15, 0.2) is 6.29 Å². The van der Waals surface area contributed by atoms with Gasteiger partial charge >= 0.3 is 0 Å². The van der Waals surface area contributed by atoms with E-state index in [1.165, 1.54) is 12.1 Å². The third-order valence-corrected chi connectivity index (χ3v) is 4.19. The van der Waals surface area contributed by atoms with Crippen molar-refractivity contribution >= 4 is 17.9 Å². The van der Waals surface area contributed by atoms with Gasteiger partial charge in [0.1, 0.15) is 18.1 Å². The Morgan fingerprint density at radius 1 is 1.21 bits per heavy atom. The van der Waals surface area contributed by atoms with Crippen molar-refractivity contribution in [1.29, 1.82) is 0 Å². The lowest BCUT2D eigenvalue weighted by atomic mass is 10.1. The number of carbonyl (C=O) groups excluding carboxylic acids is 1. The maximum Gasteiger partial charge on any atom is 0.153 e. The molecule has 0 amide bonds. The molecule has 0 aliphatic heterocycles. The molecule has 1 aromatic heterocycles. The highest BCUT2D eigenvalue weighted by Gasteiger charge is 2.11. The third-order valence-electron chi connectivity index (χ3n) is 3.89. The summed E-state index contributed by atoms with van der Waals surface area (Å²) in [6.07, 6.45) is 4.52. The van der Waals surface area contributed by atoms with Crippen LogP contribution in [0.25, 0.3) is 5.69 Å². The second kappa shape index (κ2) is 6.81. The maximum atomic E-state index is 10.8. The summed E-state index contributed by atoms with van der Waals surface area (Å²) >= 11 is 6.10. The molecule has 1 heterocycles. The lowest BCUT2D eigenvalue weighted by molar-refractivity contribution is 0.112. The molecule has 5 heteroatoms. The highest BCUT2D eigenvalue weighted by Crippen LogP contribution is 2.32. The number of ether oxygens (including phenoxy) is 1. The number of halogens is 1. The van der Waals surface area contributed by atoms with E-state index >= 15 is 0 Å². The summed E-state index contributed by atoms with van der Waals surface area (Å²) < 4.78 is 7.78. The average molecular weight is 342 g/mol. The van der Waals surface area contributed by atoms with E-state index in [0.29, 0.717) is 18.6 Å². The van der Waals surface area contributed by atoms with E-state index in [1.807, 2.05) is 54.2 Å². The first-order chi connectivity index (χ1) is 11.6. The average Bonchev–Trinajstić information content (AvgIpc) is 3.10. The van der Waals surface area contributed by atoms with Gasteiger partial charge in [-0.3, -0.25) is 4.79 Å². The van der Waals surface area contributed by atoms with Crippen LogP contribution in [-0.2, 0) is 6.61 Å². The zero-order valence-corrected chi connectivity index (χ0v) is 13.8. The summed E-state index contributed by atoms with van der Waals surface area (Å²) in [6, 6.07) is 12.7. The maximum absolute atomic E-state index is 10.8. The van der Waals surface area contributed by atoms with Crippen LogP contribution >= 0.6 is 11.6 Å². The molecule has 0 unspecified atom stereocenters. The normalized spacial score (nSPS) is 10.6. The first kappa shape index (κ1) is 16.1. The highest BCUT2D eigenvalue weighted by molar-refractivity contribution is 6.32. The van der Waals surface area contributed by atoms with Crippen LogP contribution in [0.5, 0.6) is 11.5 Å². The fourth-order valence-corrected chi connectivity index (χ4v) is 2.75. The summed E-state index contributed by atoms with van der Waals surface area (Å²) in [5, 5.41) is 10.0. The van der Waals surface area contributed by atoms with Gasteiger partial charge < -0.3 is 14.4 Å². The molecule has 0 bridgehead atoms. The van der Waals surface area contributed by atoms with Crippen molar-refractivity contribution in [3.8, 4) is 17.2 Å². The Labute approximate surface area is 144 Å². The topological polar surface area (TPSA) is 51.5 Å². The molecule has 0 aliphatic carbocycles. The molecule has 4 nitrogen and oxygen atoms in total. The van der Waals surface area contributed by atoms with Gasteiger partial charge in [-0.15, -0.1) is 0 Å². The Morgan fingerprint density at radius 2 is 1.96 bits per heavy atom. The molecule has 0 aliphatic rings. The number of rotatable bonds is 5. The first-order valence-electron chi connectivity index (χ1n) is 7.42. The van der Waals surface area contributed by atoms with E-state index in [2.05, 4.69) is 0 Å². The number of nitrogens with zero attached hydrogens (tertiary/aromatic N) is 1. The zero-order chi connectivity index (χ0) is 17.1. The summed E-state index contributed by atoms with van der Waals surface area (Å²) in [6.45, 7) is 2.34. The Kier molecular flexibility index (Phi) is 4.58. The summed E-state index contributed by atoms with van der Waals surface area (Å²) in [5.74, 6) is 0.188. The second-order valence-electron chi connectivity index (χ2n) is 5.40. The Hall–Kier alpha value is -2.72. The van der Waals surface area contributed by atoms with Crippen molar-refractivity contribution in [1.82, 2.24) is 4.57 Å². The Balaban J connectivity index is 1.84. The number of hydrogen-bond donors (Lipinski definition) is 1. The molecule has 122 valence electrons. The summed E-state index contributed by atoms with van der Waals surface area (Å²) in [7, 11) is 0. The van der Waals surface area contributed by atoms with Crippen LogP contribution in [0.4, 0.5) is 0 Å². The highest BCUT2D eigenvalue weighted by atomic mass is 35.5. The van der Waals surface area contributed by atoms with Crippen LogP contribution in [0, 0.1) is 6.92 Å². The standard InChI is InChI=1S/C19H16ClNO3/c1-13-14(5-4-6-17(13)21-7-2-3-8-21)12-24-19-10-18(23)15(11-22)9-16(19)20/h2-11,23H,12H2,1H3. The van der Waals surface area contributed by atoms with Gasteiger partial charge in [0.25, 0.3) is 0 Å². The molecule has 2 aromatic carbocycles. The zero-order valence-electron chi connectivity index (χ0n) is 13.1. The number of aromatic nitrogens is 1. The van der Waals surface area contributed by atoms with Crippen LogP contribution in [0.15, 0.2) is 54.9 Å². The molecule has 3 rings (SSSR count). The SMILES string of the molecule is Cc1c(COc2cc(O)c(C=O)cc2Cl)cccc1-n1cccc1. The molecule has 1 N–H and O–H groups in total. The fourth-order valence-electron chi connectivity index (χ4n) is 2.52. The molecular weight excluding hydrogens is 326 g/mol. The van der Waals surface area contributed by atoms with Crippen molar-refractivity contribution < 1.29 is 14.6 Å². The van der Waals surface area contributed by atoms with Gasteiger partial charge in [-0.2, -0.15) is 0 Å². The predicted octanol–water partition coefficient (Wildman–Crippen LogP) is 4.54. The van der Waals surface area contributed by atoms with Crippen molar-refractivity contribution in [3.05, 3.63) is 76.6 Å². The van der Waals surface area contributed by atoms with Crippen LogP contribution in [0.1, 0.15) is 21.5 Å². The van der Waals surface area contributed by atoms with Gasteiger partial charge in [-0.05, 0) is 42.3 Å². The van der Waals surface area contributed by atoms with Gasteiger partial charge in [-0.25, -0.2) is 0 Å². The largest absolute Gasteiger partial charge is 0.507 e. The van der Waals surface area contributed by atoms with Crippen LogP contribution < -0.4 is 4.74 Å². The van der Waals surface area contributed by atoms with Gasteiger partial charge in [0, 0.05) is 24.1 Å². The molecule has 3 aromatic rings. The Morgan fingerprint density at radius 3 is 2.67 bits per heavy atom. The second-order valence-corrected chi connectivity index (χ2v) is 5.81. The number of aldehydes is 1. The fraction of sp³-hybridized carbons (Fsp3) is 0.105. The number of aromatic hydroxyl groups is 1. The van der Waals surface area contributed by atoms with Crippen molar-refractivity contribution in [2.45, 2.75) is 13.5 Å². The predicted molar refractivity (Wildman–Crippen MR) is 93.3 cm³/mol. The lowest BCUT2D eigenvalue weighted by Crippen LogP contribution is -2.02. The molecule has 24 heavy (non-hydrogen) atoms. The molecule has 0 radical (unpaired) electrons. The number of benzene rings is 2. The third kappa shape index (κ3) is 3.14. The molecule has 0 saturated carbocycles. The van der Waals surface area contributed by atoms with Gasteiger partial charge in [0.05, 0.1) is 10.6 Å². The number of carbonyl (C=O) groups is 1. The summed E-state index contributed by atoms with van der Waals surface area (Å²) in [5.41, 5.74) is 3.32. The molecule has 0 atom stereocenters. The van der Waals surface area contributed by atoms with E-state index in [4.69, 9.17) is 16.3 Å². The quantitative estimate of drug-likeness (QED) is 0.693. The molecular formula is C19H16ClNO3. The van der Waals surface area contributed by atoms with Gasteiger partial charge in [-0.1, -0.05) is 23.7 Å². The minimum Gasteiger partial charge on any atom is -0.507 e. The smallest absolute Gasteiger partial charge is 0.153 e. The van der Waals surface area contributed by atoms with Gasteiger partial charge in [0.2, 0.25) is 0 Å². The minimum absolute atomic E-state index is 0.137. The van der Waals surface area contributed by atoms with Crippen molar-refractivity contribution in [2.75, 3.05) is 0 Å². The Bertz CT molecular complexity index is 873. The number of phenols is 1. The van der Waals surface area contributed by atoms with Crippen LogP contribution in [0.3, 0.4) is 0 Å². The van der Waals surface area contributed by atoms with Crippen LogP contribution in [-0.4, -0.2) is 16.0 Å². The first-order valence-corrected chi connectivity index (χ1v) is 7.80. The minimum atomic E-state index is -0.151. The molecule has 0 fully saturated rings. The van der Waals surface area contributed by atoms with E-state index in [-0.39, 0.29) is 16.3 Å². The number of phenolic OH excluding ortho intramolecular Hbond substituents is 1. The van der Waals surface area contributed by atoms with E-state index in [9.17, 15) is 9.90 Å². The van der Waals surface area contributed by atoms with E-state index in [0.717, 1.165) is 16.8 Å². The van der Waals surface area contributed by atoms with Crippen molar-refractivity contribution in [2.24, 2.45) is 0 Å².